The van der Waals surface area contributed by atoms with E-state index in [1.54, 1.807) is 31.2 Å². The maximum absolute atomic E-state index is 13.4. The Labute approximate surface area is 231 Å². The van der Waals surface area contributed by atoms with Crippen LogP contribution >= 0.6 is 11.6 Å². The monoisotopic (exact) mass is 558 g/mol. The summed E-state index contributed by atoms with van der Waals surface area (Å²) in [5.74, 6) is 0.839. The summed E-state index contributed by atoms with van der Waals surface area (Å²) in [6.07, 6.45) is 3.48. The van der Waals surface area contributed by atoms with Gasteiger partial charge in [-0.3, -0.25) is 9.52 Å². The van der Waals surface area contributed by atoms with E-state index in [2.05, 4.69) is 24.5 Å². The van der Waals surface area contributed by atoms with Crippen LogP contribution in [-0.2, 0) is 21.2 Å². The summed E-state index contributed by atoms with van der Waals surface area (Å²) >= 11 is 6.19. The van der Waals surface area contributed by atoms with Crippen molar-refractivity contribution in [3.8, 4) is 0 Å². The molecule has 38 heavy (non-hydrogen) atoms. The number of carbonyl (C=O) groups excluding carboxylic acids is 1. The molecule has 204 valence electrons. The van der Waals surface area contributed by atoms with Crippen molar-refractivity contribution in [1.82, 2.24) is 14.9 Å². The maximum Gasteiger partial charge on any atom is 0.263 e. The fourth-order valence-electron chi connectivity index (χ4n) is 5.13. The highest BCUT2D eigenvalue weighted by atomic mass is 35.5. The summed E-state index contributed by atoms with van der Waals surface area (Å²) in [6, 6.07) is 14.0. The number of halogens is 1. The first-order valence-electron chi connectivity index (χ1n) is 12.7. The molecule has 1 atom stereocenters. The molecule has 1 aromatic heterocycles. The van der Waals surface area contributed by atoms with E-state index in [-0.39, 0.29) is 25.5 Å². The van der Waals surface area contributed by atoms with Crippen molar-refractivity contribution < 1.29 is 16.1 Å². The minimum atomic E-state index is -3.77. The Bertz CT molecular complexity index is 1440. The zero-order chi connectivity index (χ0) is 26.9. The van der Waals surface area contributed by atoms with Gasteiger partial charge in [-0.25, -0.2) is 18.4 Å². The Morgan fingerprint density at radius 3 is 2.50 bits per heavy atom. The van der Waals surface area contributed by atoms with Gasteiger partial charge in [-0.05, 0) is 80.8 Å². The molecule has 3 heterocycles. The third kappa shape index (κ3) is 5.56. The molecule has 9 nitrogen and oxygen atoms in total. The number of carbonyl (C=O) groups is 1. The Kier molecular flexibility index (Phi) is 7.45. The number of piperazine rings is 1. The molecule has 2 aromatic carbocycles. The van der Waals surface area contributed by atoms with Crippen LogP contribution in [0.5, 0.6) is 0 Å². The summed E-state index contributed by atoms with van der Waals surface area (Å²) in [5, 5.41) is 0.725. The van der Waals surface area contributed by atoms with Gasteiger partial charge in [0, 0.05) is 58.2 Å². The van der Waals surface area contributed by atoms with Gasteiger partial charge in [0.05, 0.1) is 4.90 Å². The third-order valence-corrected chi connectivity index (χ3v) is 8.75. The Balaban J connectivity index is 0.00000220. The molecular formula is C27H35ClN6O3S. The van der Waals surface area contributed by atoms with Gasteiger partial charge >= 0.3 is 0 Å². The number of fused-ring (bicyclic) bond motifs is 1. The molecule has 1 fully saturated rings. The smallest absolute Gasteiger partial charge is 0.263 e. The summed E-state index contributed by atoms with van der Waals surface area (Å²) in [5.41, 5.74) is 3.21. The number of nitrogens with one attached hydrogen (secondary N) is 1. The quantitative estimate of drug-likeness (QED) is 0.483. The number of nitrogens with zero attached hydrogens (tertiary/aromatic N) is 5. The number of rotatable bonds is 6. The fourth-order valence-corrected chi connectivity index (χ4v) is 6.32. The summed E-state index contributed by atoms with van der Waals surface area (Å²) in [7, 11) is -3.77. The number of hydrogen-bond donors (Lipinski definition) is 1. The average molecular weight is 559 g/mol. The van der Waals surface area contributed by atoms with Crippen LogP contribution in [0.2, 0.25) is 5.02 Å². The van der Waals surface area contributed by atoms with Crippen LogP contribution < -0.4 is 14.5 Å². The molecule has 2 aliphatic rings. The third-order valence-electron chi connectivity index (χ3n) is 7.14. The van der Waals surface area contributed by atoms with Gasteiger partial charge in [0.1, 0.15) is 17.7 Å². The standard InChI is InChI=1S/C27H31ClN6O3S.2H2/c1-19(34-13-3-4-21-18-22(28)5-10-25(21)34)27(35)33-16-14-32(15-17-33)23-6-8-24(9-7-23)38(36,37)31-26-11-12-29-20(2)30-26;;/h5-12,18-19H,3-4,13-17H2,1-2H3,(H,29,30,31);2*1H/t19-;;/m0../s1. The molecule has 0 bridgehead atoms. The maximum atomic E-state index is 13.4. The Morgan fingerprint density at radius 2 is 1.79 bits per heavy atom. The van der Waals surface area contributed by atoms with Crippen LogP contribution in [0, 0.1) is 6.92 Å². The lowest BCUT2D eigenvalue weighted by atomic mass is 10.00. The largest absolute Gasteiger partial charge is 0.368 e. The van der Waals surface area contributed by atoms with Crippen molar-refractivity contribution in [1.29, 1.82) is 0 Å². The first-order valence-corrected chi connectivity index (χ1v) is 14.6. The molecule has 3 aromatic rings. The SMILES string of the molecule is Cc1nccc(NS(=O)(=O)c2ccc(N3CCN(C(=O)[C@H](C)N4CCCc5cc(Cl)ccc54)CC3)cc2)n1.[HH].[HH]. The minimum Gasteiger partial charge on any atom is -0.368 e. The summed E-state index contributed by atoms with van der Waals surface area (Å²) in [6.45, 7) is 7.10. The van der Waals surface area contributed by atoms with Crippen LogP contribution in [0.15, 0.2) is 59.6 Å². The molecular weight excluding hydrogens is 524 g/mol. The Morgan fingerprint density at radius 1 is 1.05 bits per heavy atom. The van der Waals surface area contributed by atoms with Crippen molar-refractivity contribution >= 4 is 44.7 Å². The highest BCUT2D eigenvalue weighted by Crippen LogP contribution is 2.31. The van der Waals surface area contributed by atoms with Gasteiger partial charge < -0.3 is 14.7 Å². The Hall–Kier alpha value is -3.37. The van der Waals surface area contributed by atoms with Gasteiger partial charge in [0.25, 0.3) is 10.0 Å². The molecule has 5 rings (SSSR count). The van der Waals surface area contributed by atoms with E-state index in [9.17, 15) is 13.2 Å². The van der Waals surface area contributed by atoms with Crippen molar-refractivity contribution in [2.75, 3.05) is 47.2 Å². The van der Waals surface area contributed by atoms with E-state index < -0.39 is 10.0 Å². The molecule has 0 spiro atoms. The molecule has 1 N–H and O–H groups in total. The molecule has 0 saturated carbocycles. The number of sulfonamides is 1. The van der Waals surface area contributed by atoms with Gasteiger partial charge in [-0.1, -0.05) is 11.6 Å². The molecule has 2 aliphatic heterocycles. The molecule has 11 heteroatoms. The van der Waals surface area contributed by atoms with Gasteiger partial charge in [-0.2, -0.15) is 0 Å². The van der Waals surface area contributed by atoms with E-state index in [1.165, 1.54) is 17.8 Å². The molecule has 0 unspecified atom stereocenters. The number of aryl methyl sites for hydroxylation is 2. The fraction of sp³-hybridized carbons (Fsp3) is 0.370. The van der Waals surface area contributed by atoms with Crippen molar-refractivity contribution in [3.05, 3.63) is 71.1 Å². The lowest BCUT2D eigenvalue weighted by Gasteiger charge is -2.41. The zero-order valence-corrected chi connectivity index (χ0v) is 23.0. The number of hydrogen-bond acceptors (Lipinski definition) is 7. The van der Waals surface area contributed by atoms with E-state index in [4.69, 9.17) is 11.6 Å². The first kappa shape index (κ1) is 26.2. The van der Waals surface area contributed by atoms with Gasteiger partial charge in [-0.15, -0.1) is 0 Å². The second kappa shape index (κ2) is 10.8. The van der Waals surface area contributed by atoms with Crippen LogP contribution in [0.4, 0.5) is 17.2 Å². The van der Waals surface area contributed by atoms with Crippen molar-refractivity contribution in [3.63, 3.8) is 0 Å². The lowest BCUT2D eigenvalue weighted by molar-refractivity contribution is -0.132. The highest BCUT2D eigenvalue weighted by Gasteiger charge is 2.31. The van der Waals surface area contributed by atoms with E-state index in [0.29, 0.717) is 32.0 Å². The lowest BCUT2D eigenvalue weighted by Crippen LogP contribution is -2.55. The summed E-state index contributed by atoms with van der Waals surface area (Å²) in [4.78, 5) is 27.9. The van der Waals surface area contributed by atoms with Crippen molar-refractivity contribution in [2.45, 2.75) is 37.6 Å². The number of aromatic nitrogens is 2. The predicted molar refractivity (Wildman–Crippen MR) is 154 cm³/mol. The predicted octanol–water partition coefficient (Wildman–Crippen LogP) is 4.22. The molecule has 1 saturated heterocycles. The first-order chi connectivity index (χ1) is 18.2. The van der Waals surface area contributed by atoms with Crippen LogP contribution in [0.1, 0.15) is 27.6 Å². The zero-order valence-electron chi connectivity index (χ0n) is 21.5. The topological polar surface area (TPSA) is 98.7 Å². The highest BCUT2D eigenvalue weighted by molar-refractivity contribution is 7.92. The van der Waals surface area contributed by atoms with Crippen LogP contribution in [0.25, 0.3) is 0 Å². The van der Waals surface area contributed by atoms with Crippen LogP contribution in [0.3, 0.4) is 0 Å². The molecule has 0 aliphatic carbocycles. The molecule has 0 radical (unpaired) electrons. The molecule has 1 amide bonds. The van der Waals surface area contributed by atoms with Gasteiger partial charge in [0.2, 0.25) is 5.91 Å². The second-order valence-electron chi connectivity index (χ2n) is 9.65. The number of benzene rings is 2. The van der Waals surface area contributed by atoms with E-state index in [0.717, 1.165) is 35.8 Å². The van der Waals surface area contributed by atoms with E-state index in [1.807, 2.05) is 30.0 Å². The van der Waals surface area contributed by atoms with Crippen molar-refractivity contribution in [2.24, 2.45) is 0 Å². The van der Waals surface area contributed by atoms with Gasteiger partial charge in [0.15, 0.2) is 0 Å². The number of amides is 1. The van der Waals surface area contributed by atoms with E-state index >= 15 is 0 Å². The second-order valence-corrected chi connectivity index (χ2v) is 11.8. The average Bonchev–Trinajstić information content (AvgIpc) is 2.91. The minimum absolute atomic E-state index is 0. The van der Waals surface area contributed by atoms with Crippen LogP contribution in [-0.4, -0.2) is 68.0 Å². The summed E-state index contributed by atoms with van der Waals surface area (Å²) < 4.78 is 28.0. The number of anilines is 3. The normalized spacial score (nSPS) is 16.7.